The second-order valence-corrected chi connectivity index (χ2v) is 7.54. The van der Waals surface area contributed by atoms with Gasteiger partial charge >= 0.3 is 0 Å². The van der Waals surface area contributed by atoms with Crippen molar-refractivity contribution in [3.63, 3.8) is 0 Å². The minimum absolute atomic E-state index is 0.511. The number of anilines is 1. The van der Waals surface area contributed by atoms with Crippen molar-refractivity contribution in [2.45, 2.75) is 53.5 Å². The molecule has 1 aromatic rings. The van der Waals surface area contributed by atoms with Gasteiger partial charge in [0.1, 0.15) is 0 Å². The Bertz CT molecular complexity index is 425. The predicted octanol–water partition coefficient (Wildman–Crippen LogP) is 3.86. The molecule has 0 aromatic carbocycles. The highest BCUT2D eigenvalue weighted by Gasteiger charge is 2.27. The summed E-state index contributed by atoms with van der Waals surface area (Å²) >= 11 is 1.89. The van der Waals surface area contributed by atoms with Gasteiger partial charge in [-0.3, -0.25) is 0 Å². The molecular weight excluding hydrogens is 266 g/mol. The zero-order chi connectivity index (χ0) is 14.7. The molecule has 2 rings (SSSR count). The first-order valence-corrected chi connectivity index (χ1v) is 8.79. The van der Waals surface area contributed by atoms with E-state index in [9.17, 15) is 0 Å². The summed E-state index contributed by atoms with van der Waals surface area (Å²) in [5.41, 5.74) is 1.29. The standard InChI is InChI=1S/C16H29N3S/c1-6-17-9-14-15(12(4)5)18-16(20-14)19-8-7-13(10-19)11(2)3/h11-13,17H,6-10H2,1-5H3. The molecule has 1 unspecified atom stereocenters. The molecule has 4 heteroatoms. The third-order valence-corrected chi connectivity index (χ3v) is 5.37. The fourth-order valence-electron chi connectivity index (χ4n) is 2.81. The summed E-state index contributed by atoms with van der Waals surface area (Å²) in [5, 5.41) is 4.68. The van der Waals surface area contributed by atoms with Gasteiger partial charge in [-0.1, -0.05) is 34.6 Å². The fourth-order valence-corrected chi connectivity index (χ4v) is 4.03. The number of thiazole rings is 1. The molecule has 0 spiro atoms. The SMILES string of the molecule is CCNCc1sc(N2CCC(C(C)C)C2)nc1C(C)C. The Morgan fingerprint density at radius 2 is 2.10 bits per heavy atom. The summed E-state index contributed by atoms with van der Waals surface area (Å²) < 4.78 is 0. The Balaban J connectivity index is 2.12. The summed E-state index contributed by atoms with van der Waals surface area (Å²) in [6.45, 7) is 15.7. The van der Waals surface area contributed by atoms with Crippen molar-refractivity contribution in [3.05, 3.63) is 10.6 Å². The topological polar surface area (TPSA) is 28.2 Å². The lowest BCUT2D eigenvalue weighted by Crippen LogP contribution is -2.21. The van der Waals surface area contributed by atoms with Crippen molar-refractivity contribution in [1.82, 2.24) is 10.3 Å². The molecule has 1 aliphatic heterocycles. The minimum Gasteiger partial charge on any atom is -0.348 e. The predicted molar refractivity (Wildman–Crippen MR) is 88.7 cm³/mol. The second kappa shape index (κ2) is 6.90. The average molecular weight is 295 g/mol. The lowest BCUT2D eigenvalue weighted by atomic mass is 9.95. The lowest BCUT2D eigenvalue weighted by Gasteiger charge is -2.16. The number of nitrogens with one attached hydrogen (secondary N) is 1. The van der Waals surface area contributed by atoms with Crippen LogP contribution in [0, 0.1) is 11.8 Å². The maximum Gasteiger partial charge on any atom is 0.185 e. The van der Waals surface area contributed by atoms with Gasteiger partial charge in [0.05, 0.1) is 5.69 Å². The first-order valence-electron chi connectivity index (χ1n) is 7.98. The number of hydrogen-bond acceptors (Lipinski definition) is 4. The van der Waals surface area contributed by atoms with Gasteiger partial charge in [0, 0.05) is 24.5 Å². The number of hydrogen-bond donors (Lipinski definition) is 1. The van der Waals surface area contributed by atoms with Crippen LogP contribution in [0.1, 0.15) is 57.5 Å². The summed E-state index contributed by atoms with van der Waals surface area (Å²) in [6.07, 6.45) is 1.32. The molecule has 0 bridgehead atoms. The van der Waals surface area contributed by atoms with Crippen LogP contribution in [0.5, 0.6) is 0 Å². The number of rotatable bonds is 6. The van der Waals surface area contributed by atoms with Crippen LogP contribution < -0.4 is 10.2 Å². The van der Waals surface area contributed by atoms with Gasteiger partial charge in [-0.15, -0.1) is 11.3 Å². The van der Waals surface area contributed by atoms with Crippen molar-refractivity contribution >= 4 is 16.5 Å². The Labute approximate surface area is 127 Å². The highest BCUT2D eigenvalue weighted by atomic mass is 32.1. The van der Waals surface area contributed by atoms with Crippen molar-refractivity contribution in [3.8, 4) is 0 Å². The normalized spacial score (nSPS) is 19.6. The molecule has 1 fully saturated rings. The fraction of sp³-hybridized carbons (Fsp3) is 0.812. The zero-order valence-corrected chi connectivity index (χ0v) is 14.4. The Morgan fingerprint density at radius 1 is 1.35 bits per heavy atom. The maximum absolute atomic E-state index is 4.94. The van der Waals surface area contributed by atoms with E-state index in [2.05, 4.69) is 44.8 Å². The minimum atomic E-state index is 0.511. The zero-order valence-electron chi connectivity index (χ0n) is 13.6. The van der Waals surface area contributed by atoms with Crippen LogP contribution in [0.4, 0.5) is 5.13 Å². The van der Waals surface area contributed by atoms with Gasteiger partial charge < -0.3 is 10.2 Å². The lowest BCUT2D eigenvalue weighted by molar-refractivity contribution is 0.422. The van der Waals surface area contributed by atoms with E-state index in [0.29, 0.717) is 5.92 Å². The monoisotopic (exact) mass is 295 g/mol. The van der Waals surface area contributed by atoms with Gasteiger partial charge in [0.15, 0.2) is 5.13 Å². The molecule has 114 valence electrons. The molecule has 1 atom stereocenters. The molecular formula is C16H29N3S. The van der Waals surface area contributed by atoms with Gasteiger partial charge in [-0.05, 0) is 30.7 Å². The van der Waals surface area contributed by atoms with E-state index in [1.165, 1.54) is 35.2 Å². The van der Waals surface area contributed by atoms with Gasteiger partial charge in [-0.2, -0.15) is 0 Å². The van der Waals surface area contributed by atoms with Crippen LogP contribution in [0.15, 0.2) is 0 Å². The van der Waals surface area contributed by atoms with E-state index in [0.717, 1.165) is 24.9 Å². The van der Waals surface area contributed by atoms with E-state index in [-0.39, 0.29) is 0 Å². The molecule has 1 aliphatic rings. The van der Waals surface area contributed by atoms with E-state index in [1.807, 2.05) is 11.3 Å². The van der Waals surface area contributed by atoms with Crippen molar-refractivity contribution in [1.29, 1.82) is 0 Å². The highest BCUT2D eigenvalue weighted by molar-refractivity contribution is 7.15. The number of aromatic nitrogens is 1. The summed E-state index contributed by atoms with van der Waals surface area (Å²) in [4.78, 5) is 8.86. The molecule has 1 N–H and O–H groups in total. The first-order chi connectivity index (χ1) is 9.52. The van der Waals surface area contributed by atoms with Crippen LogP contribution in [0.2, 0.25) is 0 Å². The maximum atomic E-state index is 4.94. The third-order valence-electron chi connectivity index (χ3n) is 4.24. The molecule has 1 saturated heterocycles. The third kappa shape index (κ3) is 3.53. The van der Waals surface area contributed by atoms with Crippen LogP contribution in [0.3, 0.4) is 0 Å². The summed E-state index contributed by atoms with van der Waals surface area (Å²) in [6, 6.07) is 0. The van der Waals surface area contributed by atoms with E-state index >= 15 is 0 Å². The summed E-state index contributed by atoms with van der Waals surface area (Å²) in [5.74, 6) is 2.13. The largest absolute Gasteiger partial charge is 0.348 e. The second-order valence-electron chi connectivity index (χ2n) is 6.48. The summed E-state index contributed by atoms with van der Waals surface area (Å²) in [7, 11) is 0. The molecule has 1 aromatic heterocycles. The van der Waals surface area contributed by atoms with Crippen molar-refractivity contribution in [2.24, 2.45) is 11.8 Å². The molecule has 0 radical (unpaired) electrons. The molecule has 0 saturated carbocycles. The van der Waals surface area contributed by atoms with Gasteiger partial charge in [0.2, 0.25) is 0 Å². The quantitative estimate of drug-likeness (QED) is 0.864. The molecule has 0 amide bonds. The highest BCUT2D eigenvalue weighted by Crippen LogP contribution is 2.34. The number of nitrogens with zero attached hydrogens (tertiary/aromatic N) is 2. The van der Waals surface area contributed by atoms with Crippen LogP contribution >= 0.6 is 11.3 Å². The van der Waals surface area contributed by atoms with E-state index in [4.69, 9.17) is 4.98 Å². The van der Waals surface area contributed by atoms with Gasteiger partial charge in [-0.25, -0.2) is 4.98 Å². The molecule has 2 heterocycles. The molecule has 20 heavy (non-hydrogen) atoms. The van der Waals surface area contributed by atoms with Crippen molar-refractivity contribution < 1.29 is 0 Å². The first kappa shape index (κ1) is 15.8. The Hall–Kier alpha value is -0.610. The van der Waals surface area contributed by atoms with E-state index in [1.54, 1.807) is 0 Å². The average Bonchev–Trinajstić information content (AvgIpc) is 3.02. The van der Waals surface area contributed by atoms with Crippen molar-refractivity contribution in [2.75, 3.05) is 24.5 Å². The van der Waals surface area contributed by atoms with E-state index < -0.39 is 0 Å². The Morgan fingerprint density at radius 3 is 2.65 bits per heavy atom. The van der Waals surface area contributed by atoms with Gasteiger partial charge in [0.25, 0.3) is 0 Å². The smallest absolute Gasteiger partial charge is 0.185 e. The van der Waals surface area contributed by atoms with Crippen LogP contribution in [-0.4, -0.2) is 24.6 Å². The van der Waals surface area contributed by atoms with Crippen LogP contribution in [0.25, 0.3) is 0 Å². The van der Waals surface area contributed by atoms with Crippen LogP contribution in [-0.2, 0) is 6.54 Å². The molecule has 3 nitrogen and oxygen atoms in total. The Kier molecular flexibility index (Phi) is 5.44. The molecule has 0 aliphatic carbocycles.